The number of aromatic amines is 1. The van der Waals surface area contributed by atoms with E-state index >= 15 is 0 Å². The Morgan fingerprint density at radius 3 is 3.00 bits per heavy atom. The van der Waals surface area contributed by atoms with Crippen LogP contribution in [0.2, 0.25) is 0 Å². The summed E-state index contributed by atoms with van der Waals surface area (Å²) in [7, 11) is 0. The molecule has 1 heterocycles. The van der Waals surface area contributed by atoms with Crippen LogP contribution in [0, 0.1) is 0 Å². The van der Waals surface area contributed by atoms with Gasteiger partial charge in [0.15, 0.2) is 0 Å². The minimum Gasteiger partial charge on any atom is -0.361 e. The second-order valence-electron chi connectivity index (χ2n) is 4.51. The summed E-state index contributed by atoms with van der Waals surface area (Å²) in [6.07, 6.45) is 6.18. The molecule has 2 aromatic rings. The van der Waals surface area contributed by atoms with E-state index in [-0.39, 0.29) is 0 Å². The highest BCUT2D eigenvalue weighted by molar-refractivity contribution is 9.10. The third-order valence-electron chi connectivity index (χ3n) is 3.42. The maximum absolute atomic E-state index is 3.60. The van der Waals surface area contributed by atoms with Crippen LogP contribution in [-0.4, -0.2) is 11.0 Å². The van der Waals surface area contributed by atoms with E-state index in [0.29, 0.717) is 0 Å². The first-order valence-electron chi connectivity index (χ1n) is 5.82. The molecule has 0 bridgehead atoms. The topological polar surface area (TPSA) is 27.8 Å². The normalized spacial score (nSPS) is 16.6. The molecule has 0 amide bonds. The monoisotopic (exact) mass is 278 g/mol. The van der Waals surface area contributed by atoms with Crippen molar-refractivity contribution in [2.75, 3.05) is 0 Å². The first kappa shape index (κ1) is 10.4. The van der Waals surface area contributed by atoms with Gasteiger partial charge in [-0.2, -0.15) is 0 Å². The van der Waals surface area contributed by atoms with Gasteiger partial charge in [0.1, 0.15) is 0 Å². The number of aromatic nitrogens is 1. The Bertz CT molecular complexity index is 500. The number of hydrogen-bond acceptors (Lipinski definition) is 1. The quantitative estimate of drug-likeness (QED) is 0.883. The third kappa shape index (κ3) is 1.89. The van der Waals surface area contributed by atoms with Crippen molar-refractivity contribution in [3.05, 3.63) is 34.4 Å². The van der Waals surface area contributed by atoms with Gasteiger partial charge in [-0.1, -0.05) is 22.4 Å². The van der Waals surface area contributed by atoms with Crippen LogP contribution in [0.4, 0.5) is 0 Å². The van der Waals surface area contributed by atoms with Crippen molar-refractivity contribution in [3.8, 4) is 0 Å². The molecule has 84 valence electrons. The molecule has 1 aliphatic carbocycles. The van der Waals surface area contributed by atoms with Crippen LogP contribution >= 0.6 is 15.9 Å². The summed E-state index contributed by atoms with van der Waals surface area (Å²) in [5.41, 5.74) is 2.58. The van der Waals surface area contributed by atoms with E-state index in [0.717, 1.165) is 17.1 Å². The zero-order chi connectivity index (χ0) is 11.0. The lowest BCUT2D eigenvalue weighted by Gasteiger charge is -2.26. The summed E-state index contributed by atoms with van der Waals surface area (Å²) < 4.78 is 1.14. The van der Waals surface area contributed by atoms with Crippen LogP contribution in [0.5, 0.6) is 0 Å². The molecular weight excluding hydrogens is 264 g/mol. The van der Waals surface area contributed by atoms with Gasteiger partial charge in [-0.05, 0) is 36.6 Å². The zero-order valence-electron chi connectivity index (χ0n) is 9.09. The molecule has 0 unspecified atom stereocenters. The van der Waals surface area contributed by atoms with E-state index in [1.54, 1.807) is 0 Å². The van der Waals surface area contributed by atoms with Gasteiger partial charge in [0.25, 0.3) is 0 Å². The van der Waals surface area contributed by atoms with Crippen LogP contribution in [0.3, 0.4) is 0 Å². The molecule has 1 aromatic heterocycles. The lowest BCUT2D eigenvalue weighted by atomic mass is 9.93. The molecule has 2 nitrogen and oxygen atoms in total. The first-order chi connectivity index (χ1) is 7.83. The Morgan fingerprint density at radius 1 is 1.38 bits per heavy atom. The minimum absolute atomic E-state index is 0.747. The molecule has 1 fully saturated rings. The van der Waals surface area contributed by atoms with Crippen LogP contribution in [0.25, 0.3) is 10.9 Å². The summed E-state index contributed by atoms with van der Waals surface area (Å²) in [6, 6.07) is 7.12. The van der Waals surface area contributed by atoms with E-state index < -0.39 is 0 Å². The number of H-pyrrole nitrogens is 1. The Hall–Kier alpha value is -0.800. The summed E-state index contributed by atoms with van der Waals surface area (Å²) in [5, 5.41) is 4.92. The van der Waals surface area contributed by atoms with Crippen LogP contribution in [0.1, 0.15) is 24.8 Å². The zero-order valence-corrected chi connectivity index (χ0v) is 10.7. The van der Waals surface area contributed by atoms with Gasteiger partial charge in [0, 0.05) is 34.2 Å². The van der Waals surface area contributed by atoms with Crippen molar-refractivity contribution in [1.29, 1.82) is 0 Å². The molecule has 0 atom stereocenters. The van der Waals surface area contributed by atoms with E-state index in [9.17, 15) is 0 Å². The molecule has 0 spiro atoms. The van der Waals surface area contributed by atoms with E-state index in [1.807, 2.05) is 0 Å². The first-order valence-corrected chi connectivity index (χ1v) is 6.61. The summed E-state index contributed by atoms with van der Waals surface area (Å²) >= 11 is 3.52. The van der Waals surface area contributed by atoms with E-state index in [2.05, 4.69) is 50.6 Å². The number of nitrogens with one attached hydrogen (secondary N) is 2. The molecule has 1 aromatic carbocycles. The van der Waals surface area contributed by atoms with E-state index in [1.165, 1.54) is 35.7 Å². The molecule has 1 aliphatic rings. The van der Waals surface area contributed by atoms with Gasteiger partial charge in [-0.3, -0.25) is 0 Å². The fraction of sp³-hybridized carbons (Fsp3) is 0.385. The lowest BCUT2D eigenvalue weighted by molar-refractivity contribution is 0.338. The largest absolute Gasteiger partial charge is 0.361 e. The number of fused-ring (bicyclic) bond motifs is 1. The molecule has 3 heteroatoms. The van der Waals surface area contributed by atoms with Crippen LogP contribution in [0.15, 0.2) is 28.9 Å². The summed E-state index contributed by atoms with van der Waals surface area (Å²) in [6.45, 7) is 0.973. The molecule has 16 heavy (non-hydrogen) atoms. The molecule has 3 rings (SSSR count). The molecule has 0 saturated heterocycles. The SMILES string of the molecule is Brc1ccc2[nH]cc(CNC3CCC3)c2c1. The highest BCUT2D eigenvalue weighted by atomic mass is 79.9. The van der Waals surface area contributed by atoms with Crippen molar-refractivity contribution in [2.45, 2.75) is 31.8 Å². The van der Waals surface area contributed by atoms with Gasteiger partial charge in [0.2, 0.25) is 0 Å². The van der Waals surface area contributed by atoms with E-state index in [4.69, 9.17) is 0 Å². The highest BCUT2D eigenvalue weighted by Gasteiger charge is 2.16. The van der Waals surface area contributed by atoms with Crippen molar-refractivity contribution < 1.29 is 0 Å². The Morgan fingerprint density at radius 2 is 2.25 bits per heavy atom. The van der Waals surface area contributed by atoms with Crippen molar-refractivity contribution in [3.63, 3.8) is 0 Å². The summed E-state index contributed by atoms with van der Waals surface area (Å²) in [5.74, 6) is 0. The second-order valence-corrected chi connectivity index (χ2v) is 5.43. The second kappa shape index (κ2) is 4.22. The van der Waals surface area contributed by atoms with Gasteiger partial charge >= 0.3 is 0 Å². The number of halogens is 1. The predicted molar refractivity (Wildman–Crippen MR) is 70.5 cm³/mol. The maximum Gasteiger partial charge on any atom is 0.0458 e. The van der Waals surface area contributed by atoms with Gasteiger partial charge in [0.05, 0.1) is 0 Å². The van der Waals surface area contributed by atoms with Crippen LogP contribution in [-0.2, 0) is 6.54 Å². The Balaban J connectivity index is 1.82. The molecule has 0 radical (unpaired) electrons. The average molecular weight is 279 g/mol. The van der Waals surface area contributed by atoms with Crippen molar-refractivity contribution in [2.24, 2.45) is 0 Å². The average Bonchev–Trinajstić information content (AvgIpc) is 2.59. The molecule has 0 aliphatic heterocycles. The van der Waals surface area contributed by atoms with Gasteiger partial charge in [-0.15, -0.1) is 0 Å². The lowest BCUT2D eigenvalue weighted by Crippen LogP contribution is -2.34. The molecule has 1 saturated carbocycles. The highest BCUT2D eigenvalue weighted by Crippen LogP contribution is 2.24. The fourth-order valence-corrected chi connectivity index (χ4v) is 2.52. The van der Waals surface area contributed by atoms with Gasteiger partial charge in [-0.25, -0.2) is 0 Å². The minimum atomic E-state index is 0.747. The third-order valence-corrected chi connectivity index (χ3v) is 3.91. The Labute approximate surface area is 104 Å². The summed E-state index contributed by atoms with van der Waals surface area (Å²) in [4.78, 5) is 3.31. The van der Waals surface area contributed by atoms with Crippen LogP contribution < -0.4 is 5.32 Å². The number of hydrogen-bond donors (Lipinski definition) is 2. The molecular formula is C13H15BrN2. The van der Waals surface area contributed by atoms with Crippen molar-refractivity contribution >= 4 is 26.8 Å². The maximum atomic E-state index is 3.60. The fourth-order valence-electron chi connectivity index (χ4n) is 2.16. The van der Waals surface area contributed by atoms with Crippen molar-refractivity contribution in [1.82, 2.24) is 10.3 Å². The number of benzene rings is 1. The molecule has 2 N–H and O–H groups in total. The number of rotatable bonds is 3. The smallest absolute Gasteiger partial charge is 0.0458 e. The predicted octanol–water partition coefficient (Wildman–Crippen LogP) is 3.57. The Kier molecular flexibility index (Phi) is 2.74. The van der Waals surface area contributed by atoms with Gasteiger partial charge < -0.3 is 10.3 Å². The standard InChI is InChI=1S/C13H15BrN2/c14-10-4-5-13-12(6-10)9(8-16-13)7-15-11-2-1-3-11/h4-6,8,11,15-16H,1-3,7H2.